The predicted molar refractivity (Wildman–Crippen MR) is 52.6 cm³/mol. The number of aliphatic hydroxyl groups excluding tert-OH is 1. The summed E-state index contributed by atoms with van der Waals surface area (Å²) in [5.41, 5.74) is 7.60. The van der Waals surface area contributed by atoms with Crippen molar-refractivity contribution in [2.24, 2.45) is 5.73 Å². The maximum absolute atomic E-state index is 8.70. The minimum atomic E-state index is -0.159. The van der Waals surface area contributed by atoms with Gasteiger partial charge in [0.15, 0.2) is 0 Å². The Morgan fingerprint density at radius 2 is 2.38 bits per heavy atom. The molecule has 0 spiro atoms. The summed E-state index contributed by atoms with van der Waals surface area (Å²) in [5.74, 6) is 0. The SMILES string of the molecule is Cc1cc([C@@H](N)CCO)cnc1Cl. The van der Waals surface area contributed by atoms with E-state index in [2.05, 4.69) is 4.98 Å². The first-order valence-corrected chi connectivity index (χ1v) is 4.51. The average molecular weight is 201 g/mol. The van der Waals surface area contributed by atoms with Gasteiger partial charge in [-0.3, -0.25) is 0 Å². The van der Waals surface area contributed by atoms with E-state index in [4.69, 9.17) is 22.4 Å². The zero-order chi connectivity index (χ0) is 9.84. The molecule has 0 unspecified atom stereocenters. The molecule has 0 aliphatic heterocycles. The first-order chi connectivity index (χ1) is 6.15. The smallest absolute Gasteiger partial charge is 0.131 e. The number of nitrogens with zero attached hydrogens (tertiary/aromatic N) is 1. The predicted octanol–water partition coefficient (Wildman–Crippen LogP) is 1.43. The van der Waals surface area contributed by atoms with Crippen LogP contribution in [-0.2, 0) is 0 Å². The van der Waals surface area contributed by atoms with E-state index in [9.17, 15) is 0 Å². The Hall–Kier alpha value is -0.640. The molecule has 1 atom stereocenters. The average Bonchev–Trinajstić information content (AvgIpc) is 2.10. The van der Waals surface area contributed by atoms with E-state index in [1.54, 1.807) is 6.20 Å². The van der Waals surface area contributed by atoms with Crippen molar-refractivity contribution in [3.05, 3.63) is 28.5 Å². The molecular formula is C9H13ClN2O. The van der Waals surface area contributed by atoms with Gasteiger partial charge in [-0.2, -0.15) is 0 Å². The maximum Gasteiger partial charge on any atom is 0.131 e. The van der Waals surface area contributed by atoms with Crippen molar-refractivity contribution in [1.29, 1.82) is 0 Å². The van der Waals surface area contributed by atoms with Crippen molar-refractivity contribution < 1.29 is 5.11 Å². The quantitative estimate of drug-likeness (QED) is 0.726. The van der Waals surface area contributed by atoms with Crippen LogP contribution in [0, 0.1) is 6.92 Å². The molecule has 0 fully saturated rings. The van der Waals surface area contributed by atoms with Crippen LogP contribution in [0.5, 0.6) is 0 Å². The molecule has 0 saturated heterocycles. The highest BCUT2D eigenvalue weighted by atomic mass is 35.5. The zero-order valence-electron chi connectivity index (χ0n) is 7.50. The molecule has 0 aliphatic carbocycles. The summed E-state index contributed by atoms with van der Waals surface area (Å²) in [4.78, 5) is 3.99. The molecule has 1 aromatic heterocycles. The summed E-state index contributed by atoms with van der Waals surface area (Å²) >= 11 is 5.76. The highest BCUT2D eigenvalue weighted by Gasteiger charge is 2.06. The van der Waals surface area contributed by atoms with Crippen LogP contribution < -0.4 is 5.73 Å². The van der Waals surface area contributed by atoms with E-state index < -0.39 is 0 Å². The maximum atomic E-state index is 8.70. The largest absolute Gasteiger partial charge is 0.396 e. The van der Waals surface area contributed by atoms with E-state index in [1.807, 2.05) is 13.0 Å². The molecule has 0 bridgehead atoms. The van der Waals surface area contributed by atoms with E-state index in [0.29, 0.717) is 11.6 Å². The van der Waals surface area contributed by atoms with Crippen LogP contribution in [0.3, 0.4) is 0 Å². The highest BCUT2D eigenvalue weighted by molar-refractivity contribution is 6.30. The monoisotopic (exact) mass is 200 g/mol. The summed E-state index contributed by atoms with van der Waals surface area (Å²) in [6, 6.07) is 1.74. The Morgan fingerprint density at radius 1 is 1.69 bits per heavy atom. The minimum absolute atomic E-state index is 0.0862. The normalized spacial score (nSPS) is 12.9. The number of aliphatic hydroxyl groups is 1. The molecule has 3 N–H and O–H groups in total. The van der Waals surface area contributed by atoms with E-state index >= 15 is 0 Å². The molecule has 1 rings (SSSR count). The number of nitrogens with two attached hydrogens (primary N) is 1. The lowest BCUT2D eigenvalue weighted by Gasteiger charge is -2.10. The van der Waals surface area contributed by atoms with Crippen molar-refractivity contribution in [3.8, 4) is 0 Å². The first-order valence-electron chi connectivity index (χ1n) is 4.13. The number of halogens is 1. The third kappa shape index (κ3) is 2.66. The van der Waals surface area contributed by atoms with E-state index in [-0.39, 0.29) is 12.6 Å². The molecule has 3 nitrogen and oxygen atoms in total. The summed E-state index contributed by atoms with van der Waals surface area (Å²) in [7, 11) is 0. The molecule has 13 heavy (non-hydrogen) atoms. The van der Waals surface area contributed by atoms with Gasteiger partial charge in [0.1, 0.15) is 5.15 Å². The molecular weight excluding hydrogens is 188 g/mol. The number of aryl methyl sites for hydroxylation is 1. The number of hydrogen-bond acceptors (Lipinski definition) is 3. The Labute approximate surface area is 82.5 Å². The molecule has 0 amide bonds. The lowest BCUT2D eigenvalue weighted by atomic mass is 10.1. The molecule has 1 heterocycles. The van der Waals surface area contributed by atoms with Crippen molar-refractivity contribution >= 4 is 11.6 Å². The lowest BCUT2D eigenvalue weighted by molar-refractivity contribution is 0.276. The van der Waals surface area contributed by atoms with Crippen LogP contribution in [0.15, 0.2) is 12.3 Å². The van der Waals surface area contributed by atoms with Crippen LogP contribution in [-0.4, -0.2) is 16.7 Å². The second kappa shape index (κ2) is 4.56. The van der Waals surface area contributed by atoms with Gasteiger partial charge in [-0.25, -0.2) is 4.98 Å². The van der Waals surface area contributed by atoms with Crippen molar-refractivity contribution in [2.75, 3.05) is 6.61 Å². The van der Waals surface area contributed by atoms with Crippen LogP contribution in [0.1, 0.15) is 23.6 Å². The van der Waals surface area contributed by atoms with Gasteiger partial charge in [-0.15, -0.1) is 0 Å². The van der Waals surface area contributed by atoms with Crippen LogP contribution in [0.2, 0.25) is 5.15 Å². The first kappa shape index (κ1) is 10.4. The Morgan fingerprint density at radius 3 is 2.92 bits per heavy atom. The van der Waals surface area contributed by atoms with Gasteiger partial charge in [-0.1, -0.05) is 11.6 Å². The molecule has 4 heteroatoms. The van der Waals surface area contributed by atoms with Crippen molar-refractivity contribution in [2.45, 2.75) is 19.4 Å². The second-order valence-corrected chi connectivity index (χ2v) is 3.35. The molecule has 0 aromatic carbocycles. The second-order valence-electron chi connectivity index (χ2n) is 3.00. The minimum Gasteiger partial charge on any atom is -0.396 e. The Bertz CT molecular complexity index is 291. The van der Waals surface area contributed by atoms with Gasteiger partial charge in [0.2, 0.25) is 0 Å². The third-order valence-electron chi connectivity index (χ3n) is 1.90. The Kier molecular flexibility index (Phi) is 3.66. The van der Waals surface area contributed by atoms with Gasteiger partial charge >= 0.3 is 0 Å². The van der Waals surface area contributed by atoms with Crippen molar-refractivity contribution in [3.63, 3.8) is 0 Å². The van der Waals surface area contributed by atoms with Crippen molar-refractivity contribution in [1.82, 2.24) is 4.98 Å². The fourth-order valence-electron chi connectivity index (χ4n) is 1.09. The molecule has 0 radical (unpaired) electrons. The number of aromatic nitrogens is 1. The molecule has 0 saturated carbocycles. The zero-order valence-corrected chi connectivity index (χ0v) is 8.25. The van der Waals surface area contributed by atoms with Gasteiger partial charge in [-0.05, 0) is 30.5 Å². The van der Waals surface area contributed by atoms with Crippen LogP contribution in [0.25, 0.3) is 0 Å². The summed E-state index contributed by atoms with van der Waals surface area (Å²) in [5, 5.41) is 9.20. The number of pyridine rings is 1. The summed E-state index contributed by atoms with van der Waals surface area (Å²) in [6.07, 6.45) is 2.19. The van der Waals surface area contributed by atoms with Gasteiger partial charge in [0.05, 0.1) is 0 Å². The van der Waals surface area contributed by atoms with Gasteiger partial charge in [0.25, 0.3) is 0 Å². The number of hydrogen-bond donors (Lipinski definition) is 2. The fourth-order valence-corrected chi connectivity index (χ4v) is 1.19. The van der Waals surface area contributed by atoms with E-state index in [0.717, 1.165) is 11.1 Å². The summed E-state index contributed by atoms with van der Waals surface area (Å²) < 4.78 is 0. The van der Waals surface area contributed by atoms with Gasteiger partial charge in [0, 0.05) is 18.8 Å². The molecule has 1 aromatic rings. The molecule has 0 aliphatic rings. The third-order valence-corrected chi connectivity index (χ3v) is 2.30. The summed E-state index contributed by atoms with van der Waals surface area (Å²) in [6.45, 7) is 1.97. The molecule has 72 valence electrons. The Balaban J connectivity index is 2.84. The topological polar surface area (TPSA) is 59.1 Å². The highest BCUT2D eigenvalue weighted by Crippen LogP contribution is 2.18. The fraction of sp³-hybridized carbons (Fsp3) is 0.444. The van der Waals surface area contributed by atoms with E-state index in [1.165, 1.54) is 0 Å². The van der Waals surface area contributed by atoms with Crippen LogP contribution >= 0.6 is 11.6 Å². The number of rotatable bonds is 3. The lowest BCUT2D eigenvalue weighted by Crippen LogP contribution is -2.12. The van der Waals surface area contributed by atoms with Crippen LogP contribution in [0.4, 0.5) is 0 Å². The standard InChI is InChI=1S/C9H13ClN2O/c1-6-4-7(5-12-9(6)10)8(11)2-3-13/h4-5,8,13H,2-3,11H2,1H3/t8-/m0/s1. The van der Waals surface area contributed by atoms with Gasteiger partial charge < -0.3 is 10.8 Å².